The molecule has 1 amide bonds. The topological polar surface area (TPSA) is 50.7 Å². The average molecular weight is 320 g/mol. The first-order valence-electron chi connectivity index (χ1n) is 8.43. The Morgan fingerprint density at radius 3 is 2.79 bits per heavy atom. The third-order valence-corrected chi connectivity index (χ3v) is 4.72. The summed E-state index contributed by atoms with van der Waals surface area (Å²) in [4.78, 5) is 17.9. The van der Waals surface area contributed by atoms with Crippen molar-refractivity contribution in [1.29, 1.82) is 0 Å². The summed E-state index contributed by atoms with van der Waals surface area (Å²) in [5.74, 6) is -0.0662. The molecule has 0 aromatic heterocycles. The monoisotopic (exact) mass is 320 g/mol. The molecule has 0 fully saturated rings. The van der Waals surface area contributed by atoms with Gasteiger partial charge in [0, 0.05) is 12.8 Å². The quantitative estimate of drug-likeness (QED) is 0.940. The molecule has 4 rings (SSSR count). The van der Waals surface area contributed by atoms with Crippen molar-refractivity contribution in [2.75, 3.05) is 0 Å². The van der Waals surface area contributed by atoms with Crippen molar-refractivity contribution in [3.8, 4) is 0 Å². The molecule has 2 atom stereocenters. The van der Waals surface area contributed by atoms with Gasteiger partial charge in [-0.05, 0) is 29.5 Å². The molecule has 1 aliphatic heterocycles. The second-order valence-electron chi connectivity index (χ2n) is 6.42. The van der Waals surface area contributed by atoms with Crippen molar-refractivity contribution in [2.24, 2.45) is 5.16 Å². The molecule has 2 aromatic carbocycles. The number of hydrogen-bond donors (Lipinski definition) is 1. The van der Waals surface area contributed by atoms with E-state index in [-0.39, 0.29) is 11.9 Å². The van der Waals surface area contributed by atoms with Gasteiger partial charge in [-0.2, -0.15) is 0 Å². The SMILES string of the molecule is O=C(NC1CCc2ccccc21)C1CC(Cc2ccccc2)=NO1. The molecule has 4 heteroatoms. The smallest absolute Gasteiger partial charge is 0.264 e. The Morgan fingerprint density at radius 2 is 1.92 bits per heavy atom. The Kier molecular flexibility index (Phi) is 4.03. The van der Waals surface area contributed by atoms with E-state index in [1.807, 2.05) is 30.3 Å². The van der Waals surface area contributed by atoms with Gasteiger partial charge in [0.2, 0.25) is 6.10 Å². The van der Waals surface area contributed by atoms with Crippen molar-refractivity contribution in [2.45, 2.75) is 37.8 Å². The van der Waals surface area contributed by atoms with Crippen LogP contribution in [0.1, 0.15) is 35.6 Å². The lowest BCUT2D eigenvalue weighted by Crippen LogP contribution is -2.36. The molecule has 0 spiro atoms. The molecule has 2 unspecified atom stereocenters. The van der Waals surface area contributed by atoms with Crippen molar-refractivity contribution < 1.29 is 9.63 Å². The van der Waals surface area contributed by atoms with Gasteiger partial charge in [-0.3, -0.25) is 4.79 Å². The average Bonchev–Trinajstić information content (AvgIpc) is 3.24. The number of hydrogen-bond acceptors (Lipinski definition) is 3. The van der Waals surface area contributed by atoms with E-state index < -0.39 is 6.10 Å². The first kappa shape index (κ1) is 14.9. The van der Waals surface area contributed by atoms with Gasteiger partial charge in [0.1, 0.15) is 0 Å². The summed E-state index contributed by atoms with van der Waals surface area (Å²) in [5.41, 5.74) is 4.67. The Morgan fingerprint density at radius 1 is 1.12 bits per heavy atom. The van der Waals surface area contributed by atoms with Crippen LogP contribution in [0.15, 0.2) is 59.8 Å². The fourth-order valence-corrected chi connectivity index (χ4v) is 3.47. The maximum atomic E-state index is 12.5. The van der Waals surface area contributed by atoms with Crippen LogP contribution in [0, 0.1) is 0 Å². The molecule has 0 saturated heterocycles. The summed E-state index contributed by atoms with van der Waals surface area (Å²) in [6, 6.07) is 18.5. The molecular weight excluding hydrogens is 300 g/mol. The maximum absolute atomic E-state index is 12.5. The van der Waals surface area contributed by atoms with Gasteiger partial charge in [0.25, 0.3) is 5.91 Å². The first-order chi connectivity index (χ1) is 11.8. The van der Waals surface area contributed by atoms with Crippen LogP contribution in [0.3, 0.4) is 0 Å². The summed E-state index contributed by atoms with van der Waals surface area (Å²) in [7, 11) is 0. The molecule has 24 heavy (non-hydrogen) atoms. The van der Waals surface area contributed by atoms with Gasteiger partial charge in [0.05, 0.1) is 11.8 Å². The molecule has 4 nitrogen and oxygen atoms in total. The number of carbonyl (C=O) groups excluding carboxylic acids is 1. The van der Waals surface area contributed by atoms with Gasteiger partial charge in [0.15, 0.2) is 0 Å². The summed E-state index contributed by atoms with van der Waals surface area (Å²) in [6.07, 6.45) is 2.76. The van der Waals surface area contributed by atoms with Crippen molar-refractivity contribution in [1.82, 2.24) is 5.32 Å². The zero-order chi connectivity index (χ0) is 16.4. The highest BCUT2D eigenvalue weighted by molar-refractivity contribution is 5.94. The molecule has 1 aliphatic carbocycles. The Balaban J connectivity index is 1.34. The molecule has 0 bridgehead atoms. The lowest BCUT2D eigenvalue weighted by Gasteiger charge is -2.16. The number of rotatable bonds is 4. The van der Waals surface area contributed by atoms with E-state index in [0.29, 0.717) is 6.42 Å². The zero-order valence-corrected chi connectivity index (χ0v) is 13.4. The van der Waals surface area contributed by atoms with Crippen LogP contribution < -0.4 is 5.32 Å². The molecule has 1 heterocycles. The molecule has 1 N–H and O–H groups in total. The third kappa shape index (κ3) is 3.04. The van der Waals surface area contributed by atoms with Crippen molar-refractivity contribution >= 4 is 11.6 Å². The summed E-state index contributed by atoms with van der Waals surface area (Å²) in [5, 5.41) is 7.23. The Bertz CT molecular complexity index is 770. The molecule has 2 aliphatic rings. The van der Waals surface area contributed by atoms with Crippen LogP contribution in [0.2, 0.25) is 0 Å². The van der Waals surface area contributed by atoms with Crippen molar-refractivity contribution in [3.05, 3.63) is 71.3 Å². The Hall–Kier alpha value is -2.62. The van der Waals surface area contributed by atoms with Gasteiger partial charge in [-0.25, -0.2) is 0 Å². The number of oxime groups is 1. The van der Waals surface area contributed by atoms with E-state index >= 15 is 0 Å². The highest BCUT2D eigenvalue weighted by Crippen LogP contribution is 2.31. The van der Waals surface area contributed by atoms with E-state index in [1.54, 1.807) is 0 Å². The first-order valence-corrected chi connectivity index (χ1v) is 8.43. The predicted octanol–water partition coefficient (Wildman–Crippen LogP) is 3.18. The number of carbonyl (C=O) groups is 1. The van der Waals surface area contributed by atoms with E-state index in [2.05, 4.69) is 34.7 Å². The lowest BCUT2D eigenvalue weighted by atomic mass is 10.0. The number of nitrogens with zero attached hydrogens (tertiary/aromatic N) is 1. The minimum Gasteiger partial charge on any atom is -0.382 e. The summed E-state index contributed by atoms with van der Waals surface area (Å²) < 4.78 is 0. The number of aryl methyl sites for hydroxylation is 1. The van der Waals surface area contributed by atoms with Crippen LogP contribution in [-0.2, 0) is 22.5 Å². The molecule has 0 radical (unpaired) electrons. The van der Waals surface area contributed by atoms with Gasteiger partial charge >= 0.3 is 0 Å². The molecular formula is C20H20N2O2. The van der Waals surface area contributed by atoms with Gasteiger partial charge in [-0.1, -0.05) is 59.8 Å². The number of nitrogens with one attached hydrogen (secondary N) is 1. The summed E-state index contributed by atoms with van der Waals surface area (Å²) in [6.45, 7) is 0. The predicted molar refractivity (Wildman–Crippen MR) is 92.7 cm³/mol. The van der Waals surface area contributed by atoms with E-state index in [1.165, 1.54) is 16.7 Å². The molecule has 2 aromatic rings. The van der Waals surface area contributed by atoms with Gasteiger partial charge in [-0.15, -0.1) is 0 Å². The fourth-order valence-electron chi connectivity index (χ4n) is 3.47. The molecule has 0 saturated carbocycles. The highest BCUT2D eigenvalue weighted by Gasteiger charge is 2.31. The van der Waals surface area contributed by atoms with E-state index in [4.69, 9.17) is 4.84 Å². The van der Waals surface area contributed by atoms with Gasteiger partial charge < -0.3 is 10.2 Å². The standard InChI is InChI=1S/C20H20N2O2/c23-20(21-18-11-10-15-8-4-5-9-17(15)18)19-13-16(22-24-19)12-14-6-2-1-3-7-14/h1-9,18-19H,10-13H2,(H,21,23). The zero-order valence-electron chi connectivity index (χ0n) is 13.4. The van der Waals surface area contributed by atoms with Crippen LogP contribution in [0.4, 0.5) is 0 Å². The molecule has 122 valence electrons. The van der Waals surface area contributed by atoms with Crippen LogP contribution in [0.5, 0.6) is 0 Å². The largest absolute Gasteiger partial charge is 0.382 e. The van der Waals surface area contributed by atoms with Crippen molar-refractivity contribution in [3.63, 3.8) is 0 Å². The second-order valence-corrected chi connectivity index (χ2v) is 6.42. The Labute approximate surface area is 141 Å². The maximum Gasteiger partial charge on any atom is 0.264 e. The normalized spacial score (nSPS) is 21.8. The number of amides is 1. The third-order valence-electron chi connectivity index (χ3n) is 4.72. The second kappa shape index (κ2) is 6.48. The lowest BCUT2D eigenvalue weighted by molar-refractivity contribution is -0.131. The number of fused-ring (bicyclic) bond motifs is 1. The minimum absolute atomic E-state index is 0.0662. The van der Waals surface area contributed by atoms with E-state index in [9.17, 15) is 4.79 Å². The van der Waals surface area contributed by atoms with Crippen LogP contribution >= 0.6 is 0 Å². The summed E-state index contributed by atoms with van der Waals surface area (Å²) >= 11 is 0. The fraction of sp³-hybridized carbons (Fsp3) is 0.300. The minimum atomic E-state index is -0.503. The van der Waals surface area contributed by atoms with Crippen LogP contribution in [0.25, 0.3) is 0 Å². The highest BCUT2D eigenvalue weighted by atomic mass is 16.6. The number of benzene rings is 2. The van der Waals surface area contributed by atoms with E-state index in [0.717, 1.165) is 25.0 Å². The van der Waals surface area contributed by atoms with Crippen LogP contribution in [-0.4, -0.2) is 17.7 Å².